The van der Waals surface area contributed by atoms with Crippen LogP contribution in [0.2, 0.25) is 0 Å². The lowest BCUT2D eigenvalue weighted by Crippen LogP contribution is -2.32. The number of ether oxygens (including phenoxy) is 3. The first kappa shape index (κ1) is 25.1. The van der Waals surface area contributed by atoms with Crippen molar-refractivity contribution in [3.8, 4) is 28.5 Å². The number of pyridine rings is 1. The molecule has 0 aliphatic carbocycles. The number of carbonyl (C=O) groups is 1. The van der Waals surface area contributed by atoms with Gasteiger partial charge in [-0.25, -0.2) is 0 Å². The molecule has 0 radical (unpaired) electrons. The maximum atomic E-state index is 13.5. The summed E-state index contributed by atoms with van der Waals surface area (Å²) in [6, 6.07) is 15.6. The van der Waals surface area contributed by atoms with Crippen LogP contribution in [0.25, 0.3) is 11.3 Å². The van der Waals surface area contributed by atoms with Crippen LogP contribution in [0.5, 0.6) is 17.2 Å². The topological polar surface area (TPSA) is 86.9 Å². The smallest absolute Gasteiger partial charge is 0.254 e. The van der Waals surface area contributed by atoms with Crippen LogP contribution in [0.1, 0.15) is 34.8 Å². The fourth-order valence-corrected chi connectivity index (χ4v) is 3.80. The van der Waals surface area contributed by atoms with Crippen molar-refractivity contribution in [3.05, 3.63) is 71.4 Å². The quantitative estimate of drug-likeness (QED) is 0.456. The van der Waals surface area contributed by atoms with Gasteiger partial charge in [-0.1, -0.05) is 31.2 Å². The molecule has 0 saturated carbocycles. The van der Waals surface area contributed by atoms with Crippen molar-refractivity contribution in [2.24, 2.45) is 5.73 Å². The van der Waals surface area contributed by atoms with Crippen LogP contribution in [0.3, 0.4) is 0 Å². The van der Waals surface area contributed by atoms with Gasteiger partial charge in [-0.3, -0.25) is 9.78 Å². The Labute approximate surface area is 201 Å². The first-order chi connectivity index (χ1) is 16.5. The van der Waals surface area contributed by atoms with Crippen molar-refractivity contribution in [2.75, 3.05) is 34.4 Å². The molecule has 2 aromatic carbocycles. The van der Waals surface area contributed by atoms with Crippen molar-refractivity contribution in [1.82, 2.24) is 9.88 Å². The van der Waals surface area contributed by atoms with Crippen molar-refractivity contribution in [2.45, 2.75) is 26.3 Å². The largest absolute Gasteiger partial charge is 0.493 e. The summed E-state index contributed by atoms with van der Waals surface area (Å²) < 4.78 is 16.4. The lowest BCUT2D eigenvalue weighted by Gasteiger charge is -2.24. The highest BCUT2D eigenvalue weighted by molar-refractivity contribution is 5.95. The predicted molar refractivity (Wildman–Crippen MR) is 134 cm³/mol. The van der Waals surface area contributed by atoms with Gasteiger partial charge >= 0.3 is 0 Å². The summed E-state index contributed by atoms with van der Waals surface area (Å²) in [6.45, 7) is 3.51. The summed E-state index contributed by atoms with van der Waals surface area (Å²) in [5.41, 5.74) is 10.2. The maximum Gasteiger partial charge on any atom is 0.254 e. The molecule has 0 bridgehead atoms. The van der Waals surface area contributed by atoms with Crippen LogP contribution in [-0.2, 0) is 13.0 Å². The normalized spacial score (nSPS) is 10.6. The van der Waals surface area contributed by atoms with E-state index in [1.165, 1.54) is 5.56 Å². The molecule has 1 amide bonds. The molecule has 3 rings (SSSR count). The minimum Gasteiger partial charge on any atom is -0.493 e. The molecular weight excluding hydrogens is 430 g/mol. The fourth-order valence-electron chi connectivity index (χ4n) is 3.80. The average Bonchev–Trinajstić information content (AvgIpc) is 2.90. The Morgan fingerprint density at radius 3 is 2.18 bits per heavy atom. The molecule has 1 aromatic heterocycles. The SMILES string of the molecule is CCc1ccc(-c2cc(C(=O)N(CCCN)Cc3cc(OC)c(OC)c(OC)c3)ccn2)cc1. The molecular formula is C27H33N3O4. The number of benzene rings is 2. The molecule has 2 N–H and O–H groups in total. The summed E-state index contributed by atoms with van der Waals surface area (Å²) in [5.74, 6) is 1.52. The fraction of sp³-hybridized carbons (Fsp3) is 0.333. The third-order valence-electron chi connectivity index (χ3n) is 5.68. The van der Waals surface area contributed by atoms with Crippen molar-refractivity contribution < 1.29 is 19.0 Å². The zero-order chi connectivity index (χ0) is 24.5. The first-order valence-electron chi connectivity index (χ1n) is 11.4. The van der Waals surface area contributed by atoms with E-state index in [2.05, 4.69) is 24.0 Å². The Hall–Kier alpha value is -3.58. The number of aryl methyl sites for hydroxylation is 1. The van der Waals surface area contributed by atoms with Crippen LogP contribution in [-0.4, -0.2) is 50.2 Å². The number of nitrogens with zero attached hydrogens (tertiary/aromatic N) is 2. The third-order valence-corrected chi connectivity index (χ3v) is 5.68. The van der Waals surface area contributed by atoms with Crippen LogP contribution < -0.4 is 19.9 Å². The molecule has 0 aliphatic rings. The van der Waals surface area contributed by atoms with Crippen LogP contribution >= 0.6 is 0 Å². The number of methoxy groups -OCH3 is 3. The van der Waals surface area contributed by atoms with Gasteiger partial charge in [0.15, 0.2) is 11.5 Å². The number of hydrogen-bond acceptors (Lipinski definition) is 6. The van der Waals surface area contributed by atoms with Crippen molar-refractivity contribution in [1.29, 1.82) is 0 Å². The Bertz CT molecular complexity index is 1070. The number of aromatic nitrogens is 1. The highest BCUT2D eigenvalue weighted by Crippen LogP contribution is 2.38. The van der Waals surface area contributed by atoms with E-state index in [9.17, 15) is 4.79 Å². The molecule has 0 spiro atoms. The lowest BCUT2D eigenvalue weighted by atomic mass is 10.1. The van der Waals surface area contributed by atoms with Gasteiger partial charge in [-0.05, 0) is 54.8 Å². The highest BCUT2D eigenvalue weighted by Gasteiger charge is 2.20. The Kier molecular flexibility index (Phi) is 8.87. The molecule has 1 heterocycles. The molecule has 0 saturated heterocycles. The third kappa shape index (κ3) is 5.85. The van der Waals surface area contributed by atoms with E-state index < -0.39 is 0 Å². The second-order valence-electron chi connectivity index (χ2n) is 7.88. The van der Waals surface area contributed by atoms with E-state index in [1.54, 1.807) is 38.5 Å². The zero-order valence-electron chi connectivity index (χ0n) is 20.3. The Morgan fingerprint density at radius 1 is 0.941 bits per heavy atom. The minimum atomic E-state index is -0.0870. The second kappa shape index (κ2) is 12.0. The van der Waals surface area contributed by atoms with Crippen molar-refractivity contribution in [3.63, 3.8) is 0 Å². The van der Waals surface area contributed by atoms with Gasteiger partial charge in [0.2, 0.25) is 5.75 Å². The number of hydrogen-bond donors (Lipinski definition) is 1. The molecule has 7 heteroatoms. The van der Waals surface area contributed by atoms with Gasteiger partial charge in [0.1, 0.15) is 0 Å². The Morgan fingerprint density at radius 2 is 1.62 bits per heavy atom. The van der Waals surface area contributed by atoms with Crippen LogP contribution in [0.4, 0.5) is 0 Å². The average molecular weight is 464 g/mol. The lowest BCUT2D eigenvalue weighted by molar-refractivity contribution is 0.0742. The second-order valence-corrected chi connectivity index (χ2v) is 7.88. The zero-order valence-corrected chi connectivity index (χ0v) is 20.3. The van der Waals surface area contributed by atoms with Gasteiger partial charge in [0.25, 0.3) is 5.91 Å². The maximum absolute atomic E-state index is 13.5. The molecule has 34 heavy (non-hydrogen) atoms. The Balaban J connectivity index is 1.90. The van der Waals surface area contributed by atoms with E-state index in [-0.39, 0.29) is 5.91 Å². The number of nitrogens with two attached hydrogens (primary N) is 1. The molecule has 0 unspecified atom stereocenters. The highest BCUT2D eigenvalue weighted by atomic mass is 16.5. The molecule has 3 aromatic rings. The van der Waals surface area contributed by atoms with Gasteiger partial charge < -0.3 is 24.8 Å². The van der Waals surface area contributed by atoms with E-state index in [1.807, 2.05) is 30.3 Å². The molecule has 0 aliphatic heterocycles. The monoisotopic (exact) mass is 463 g/mol. The van der Waals surface area contributed by atoms with E-state index in [0.717, 1.165) is 23.2 Å². The van der Waals surface area contributed by atoms with E-state index in [0.29, 0.717) is 48.9 Å². The summed E-state index contributed by atoms with van der Waals surface area (Å²) in [6.07, 6.45) is 3.34. The van der Waals surface area contributed by atoms with E-state index in [4.69, 9.17) is 19.9 Å². The number of rotatable bonds is 11. The summed E-state index contributed by atoms with van der Waals surface area (Å²) >= 11 is 0. The predicted octanol–water partition coefficient (Wildman–Crippen LogP) is 4.33. The first-order valence-corrected chi connectivity index (χ1v) is 11.4. The minimum absolute atomic E-state index is 0.0870. The van der Waals surface area contributed by atoms with Gasteiger partial charge in [0.05, 0.1) is 27.0 Å². The molecule has 0 atom stereocenters. The van der Waals surface area contributed by atoms with Crippen LogP contribution in [0.15, 0.2) is 54.7 Å². The van der Waals surface area contributed by atoms with Gasteiger partial charge in [-0.2, -0.15) is 0 Å². The molecule has 180 valence electrons. The number of amides is 1. The summed E-state index contributed by atoms with van der Waals surface area (Å²) in [4.78, 5) is 19.8. The molecule has 7 nitrogen and oxygen atoms in total. The molecule has 0 fully saturated rings. The summed E-state index contributed by atoms with van der Waals surface area (Å²) in [5, 5.41) is 0. The van der Waals surface area contributed by atoms with Gasteiger partial charge in [0, 0.05) is 30.4 Å². The standard InChI is InChI=1S/C27H33N3O4/c1-5-19-7-9-21(10-8-19)23-17-22(11-13-29-23)27(31)30(14-6-12-28)18-20-15-24(32-2)26(34-4)25(16-20)33-3/h7-11,13,15-17H,5-6,12,14,18,28H2,1-4H3. The number of carbonyl (C=O) groups excluding carboxylic acids is 1. The van der Waals surface area contributed by atoms with Crippen LogP contribution in [0, 0.1) is 0 Å². The van der Waals surface area contributed by atoms with Crippen molar-refractivity contribution >= 4 is 5.91 Å². The van der Waals surface area contributed by atoms with E-state index >= 15 is 0 Å². The van der Waals surface area contributed by atoms with Gasteiger partial charge in [-0.15, -0.1) is 0 Å². The summed E-state index contributed by atoms with van der Waals surface area (Å²) in [7, 11) is 4.71.